The number of hydrogen-bond acceptors (Lipinski definition) is 10. The quantitative estimate of drug-likeness (QED) is 0.0195. The molecule has 440 valence electrons. The summed E-state index contributed by atoms with van der Waals surface area (Å²) in [5.74, 6) is -1.22. The van der Waals surface area contributed by atoms with E-state index in [-0.39, 0.29) is 19.4 Å². The predicted octanol–water partition coefficient (Wildman–Crippen LogP) is 14.8. The summed E-state index contributed by atoms with van der Waals surface area (Å²) >= 11 is 0. The molecule has 1 aliphatic heterocycles. The fraction of sp³-hybridized carbons (Fsp3) is 0.785. The Hall–Kier alpha value is -2.90. The number of hydrogen-bond donors (Lipinski definition) is 6. The zero-order valence-corrected chi connectivity index (χ0v) is 48.6. The molecular weight excluding hydrogens is 955 g/mol. The van der Waals surface area contributed by atoms with Crippen LogP contribution in [0.3, 0.4) is 0 Å². The summed E-state index contributed by atoms with van der Waals surface area (Å²) in [4.78, 5) is 26.5. The lowest BCUT2D eigenvalue weighted by atomic mass is 9.99. The Bertz CT molecular complexity index is 1510. The van der Waals surface area contributed by atoms with Crippen LogP contribution >= 0.6 is 0 Å². The Balaban J connectivity index is 2.71. The van der Waals surface area contributed by atoms with Crippen LogP contribution < -0.4 is 5.32 Å². The van der Waals surface area contributed by atoms with E-state index < -0.39 is 67.4 Å². The van der Waals surface area contributed by atoms with Gasteiger partial charge in [0.25, 0.3) is 0 Å². The maximum Gasteiger partial charge on any atom is 0.306 e. The third kappa shape index (κ3) is 40.3. The van der Waals surface area contributed by atoms with Crippen LogP contribution in [0.2, 0.25) is 0 Å². The summed E-state index contributed by atoms with van der Waals surface area (Å²) in [6, 6.07) is -1.04. The van der Waals surface area contributed by atoms with Crippen molar-refractivity contribution < 1.29 is 49.3 Å². The summed E-state index contributed by atoms with van der Waals surface area (Å²) in [7, 11) is 0. The van der Waals surface area contributed by atoms with Gasteiger partial charge in [-0.05, 0) is 70.6 Å². The van der Waals surface area contributed by atoms with E-state index in [9.17, 15) is 35.1 Å². The summed E-state index contributed by atoms with van der Waals surface area (Å²) in [6.45, 7) is 5.66. The number of esters is 1. The van der Waals surface area contributed by atoms with E-state index in [1.807, 2.05) is 6.08 Å². The van der Waals surface area contributed by atoms with Crippen molar-refractivity contribution in [2.75, 3.05) is 13.2 Å². The van der Waals surface area contributed by atoms with Crippen molar-refractivity contribution in [2.24, 2.45) is 0 Å². The molecule has 11 heteroatoms. The van der Waals surface area contributed by atoms with Crippen LogP contribution in [0.4, 0.5) is 0 Å². The van der Waals surface area contributed by atoms with E-state index in [0.717, 1.165) is 83.5 Å². The van der Waals surface area contributed by atoms with Gasteiger partial charge in [-0.3, -0.25) is 9.59 Å². The Kier molecular flexibility index (Phi) is 49.4. The Morgan fingerprint density at radius 3 is 1.42 bits per heavy atom. The average molecular weight is 1070 g/mol. The monoisotopic (exact) mass is 1070 g/mol. The van der Waals surface area contributed by atoms with Gasteiger partial charge >= 0.3 is 5.97 Å². The number of nitrogens with one attached hydrogen (secondary N) is 1. The van der Waals surface area contributed by atoms with Crippen LogP contribution in [0.25, 0.3) is 0 Å². The van der Waals surface area contributed by atoms with Gasteiger partial charge in [0, 0.05) is 6.42 Å². The molecule has 8 unspecified atom stereocenters. The standard InChI is InChI=1S/C65H115NO10/c1-4-7-10-13-16-19-22-25-27-29-31-32-34-37-40-43-46-49-52-58(69)64(73)66-56(57(68)51-48-45-42-39-36-24-21-18-15-12-9-6-3)55-74-65-63(62(72)61(71)59(54-67)75-65)76-60(70)53-50-47-44-41-38-35-33-30-28-26-23-20-17-14-11-8-5-2/h7,10,16,19,25,27,31-32,37,40,48,51,56-59,61-63,65,67-69,71-72H,4-6,8-9,11-15,17-18,20-24,26,28-30,33-36,38-39,41-47,49-50,52-55H2,1-3H3,(H,66,73)/b10-7-,19-16-,27-25-,32-31-,40-37-,51-48+. The first-order valence-electron chi connectivity index (χ1n) is 31.2. The summed E-state index contributed by atoms with van der Waals surface area (Å²) in [5, 5.41) is 56.9. The van der Waals surface area contributed by atoms with Crippen LogP contribution in [0.1, 0.15) is 265 Å². The highest BCUT2D eigenvalue weighted by Gasteiger charge is 2.47. The van der Waals surface area contributed by atoms with E-state index in [2.05, 4.69) is 86.8 Å². The van der Waals surface area contributed by atoms with Gasteiger partial charge in [0.1, 0.15) is 24.4 Å². The molecule has 1 aliphatic rings. The zero-order valence-electron chi connectivity index (χ0n) is 48.6. The van der Waals surface area contributed by atoms with Gasteiger partial charge in [-0.2, -0.15) is 0 Å². The fourth-order valence-electron chi connectivity index (χ4n) is 9.44. The third-order valence-corrected chi connectivity index (χ3v) is 14.4. The van der Waals surface area contributed by atoms with E-state index in [4.69, 9.17) is 14.2 Å². The Morgan fingerprint density at radius 2 is 0.947 bits per heavy atom. The molecule has 1 amide bonds. The van der Waals surface area contributed by atoms with Crippen LogP contribution in [-0.4, -0.2) is 99.6 Å². The predicted molar refractivity (Wildman–Crippen MR) is 315 cm³/mol. The molecule has 1 fully saturated rings. The molecule has 0 aliphatic carbocycles. The lowest BCUT2D eigenvalue weighted by Gasteiger charge is -2.41. The van der Waals surface area contributed by atoms with Gasteiger partial charge in [0.15, 0.2) is 12.4 Å². The number of unbranched alkanes of at least 4 members (excludes halogenated alkanes) is 28. The smallest absolute Gasteiger partial charge is 0.306 e. The first-order valence-corrected chi connectivity index (χ1v) is 31.2. The number of aliphatic hydroxyl groups excluding tert-OH is 5. The van der Waals surface area contributed by atoms with Crippen molar-refractivity contribution in [3.05, 3.63) is 72.9 Å². The minimum Gasteiger partial charge on any atom is -0.454 e. The molecule has 0 spiro atoms. The molecule has 0 aromatic heterocycles. The molecule has 8 atom stereocenters. The maximum absolute atomic E-state index is 13.4. The lowest BCUT2D eigenvalue weighted by Crippen LogP contribution is -2.61. The van der Waals surface area contributed by atoms with Crippen LogP contribution in [-0.2, 0) is 23.8 Å². The molecule has 0 saturated carbocycles. The third-order valence-electron chi connectivity index (χ3n) is 14.4. The highest BCUT2D eigenvalue weighted by Crippen LogP contribution is 2.26. The molecule has 1 saturated heterocycles. The highest BCUT2D eigenvalue weighted by molar-refractivity contribution is 5.80. The van der Waals surface area contributed by atoms with Crippen molar-refractivity contribution in [2.45, 2.75) is 314 Å². The molecule has 0 aromatic rings. The Morgan fingerprint density at radius 1 is 0.526 bits per heavy atom. The molecule has 76 heavy (non-hydrogen) atoms. The minimum absolute atomic E-state index is 0.121. The first-order chi connectivity index (χ1) is 37.2. The number of rotatable bonds is 52. The van der Waals surface area contributed by atoms with Gasteiger partial charge in [0.05, 0.1) is 25.4 Å². The van der Waals surface area contributed by atoms with Crippen LogP contribution in [0.5, 0.6) is 0 Å². The maximum atomic E-state index is 13.4. The second-order valence-corrected chi connectivity index (χ2v) is 21.4. The first kappa shape index (κ1) is 71.1. The molecule has 1 heterocycles. The fourth-order valence-corrected chi connectivity index (χ4v) is 9.44. The molecule has 0 aromatic carbocycles. The number of allylic oxidation sites excluding steroid dienone is 11. The van der Waals surface area contributed by atoms with Crippen LogP contribution in [0, 0.1) is 0 Å². The number of aliphatic hydroxyl groups is 5. The molecular formula is C65H115NO10. The van der Waals surface area contributed by atoms with E-state index >= 15 is 0 Å². The molecule has 0 bridgehead atoms. The summed E-state index contributed by atoms with van der Waals surface area (Å²) in [6.07, 6.45) is 56.5. The molecule has 1 rings (SSSR count). The van der Waals surface area contributed by atoms with E-state index in [1.165, 1.54) is 135 Å². The molecule has 6 N–H and O–H groups in total. The number of ether oxygens (including phenoxy) is 3. The Labute approximate surface area is 464 Å². The highest BCUT2D eigenvalue weighted by atomic mass is 16.7. The van der Waals surface area contributed by atoms with Gasteiger partial charge in [-0.15, -0.1) is 0 Å². The molecule has 0 radical (unpaired) electrons. The largest absolute Gasteiger partial charge is 0.454 e. The van der Waals surface area contributed by atoms with Gasteiger partial charge in [-0.25, -0.2) is 0 Å². The lowest BCUT2D eigenvalue weighted by molar-refractivity contribution is -0.305. The van der Waals surface area contributed by atoms with Gasteiger partial charge in [-0.1, -0.05) is 261 Å². The van der Waals surface area contributed by atoms with Gasteiger partial charge < -0.3 is 45.1 Å². The normalized spacial score (nSPS) is 19.6. The number of carbonyl (C=O) groups is 2. The van der Waals surface area contributed by atoms with Crippen LogP contribution in [0.15, 0.2) is 72.9 Å². The van der Waals surface area contributed by atoms with Crippen molar-refractivity contribution in [3.63, 3.8) is 0 Å². The second kappa shape index (κ2) is 52.8. The average Bonchev–Trinajstić information content (AvgIpc) is 3.42. The minimum atomic E-state index is -1.62. The molecule has 11 nitrogen and oxygen atoms in total. The van der Waals surface area contributed by atoms with Crippen molar-refractivity contribution in [3.8, 4) is 0 Å². The zero-order chi connectivity index (χ0) is 55.4. The van der Waals surface area contributed by atoms with E-state index in [1.54, 1.807) is 6.08 Å². The summed E-state index contributed by atoms with van der Waals surface area (Å²) in [5.41, 5.74) is 0. The van der Waals surface area contributed by atoms with E-state index in [0.29, 0.717) is 12.8 Å². The van der Waals surface area contributed by atoms with Crippen molar-refractivity contribution >= 4 is 11.9 Å². The van der Waals surface area contributed by atoms with Gasteiger partial charge in [0.2, 0.25) is 5.91 Å². The second-order valence-electron chi connectivity index (χ2n) is 21.4. The SMILES string of the molecule is CC/C=C\C/C=C\C/C=C\C/C=C\C/C=C\CCCCC(O)C(=O)NC(COC1OC(CO)C(O)C(O)C1OC(=O)CCCCCCCCCCCCCCCCCCC)C(O)/C=C/CCCCCCCCCCCC. The number of carbonyl (C=O) groups excluding carboxylic acids is 2. The van der Waals surface area contributed by atoms with Crippen molar-refractivity contribution in [1.29, 1.82) is 0 Å². The topological polar surface area (TPSA) is 175 Å². The number of amides is 1. The van der Waals surface area contributed by atoms with Crippen molar-refractivity contribution in [1.82, 2.24) is 5.32 Å². The summed E-state index contributed by atoms with van der Waals surface area (Å²) < 4.78 is 17.6.